The molecule has 1 rings (SSSR count). The Morgan fingerprint density at radius 2 is 2.06 bits per heavy atom. The van der Waals surface area contributed by atoms with Gasteiger partial charge < -0.3 is 9.73 Å². The van der Waals surface area contributed by atoms with Crippen molar-refractivity contribution >= 4 is 15.9 Å². The van der Waals surface area contributed by atoms with Crippen molar-refractivity contribution in [1.29, 1.82) is 0 Å². The summed E-state index contributed by atoms with van der Waals surface area (Å²) in [6, 6.07) is 4.37. The number of rotatable bonds is 7. The molecule has 0 amide bonds. The van der Waals surface area contributed by atoms with Gasteiger partial charge >= 0.3 is 0 Å². The predicted molar refractivity (Wildman–Crippen MR) is 71.5 cm³/mol. The maximum atomic E-state index is 5.66. The Labute approximate surface area is 107 Å². The van der Waals surface area contributed by atoms with E-state index in [9.17, 15) is 0 Å². The van der Waals surface area contributed by atoms with E-state index in [1.807, 2.05) is 6.07 Å². The van der Waals surface area contributed by atoms with E-state index in [-0.39, 0.29) is 0 Å². The maximum absolute atomic E-state index is 5.66. The van der Waals surface area contributed by atoms with Crippen LogP contribution in [0.3, 0.4) is 0 Å². The van der Waals surface area contributed by atoms with Gasteiger partial charge in [0, 0.05) is 0 Å². The smallest absolute Gasteiger partial charge is 0.169 e. The Bertz CT molecular complexity index is 298. The zero-order chi connectivity index (χ0) is 12.0. The molecule has 0 saturated heterocycles. The summed E-state index contributed by atoms with van der Waals surface area (Å²) < 4.78 is 6.48. The van der Waals surface area contributed by atoms with Crippen molar-refractivity contribution in [3.63, 3.8) is 0 Å². The molecule has 0 aliphatic heterocycles. The van der Waals surface area contributed by atoms with Crippen LogP contribution < -0.4 is 5.32 Å². The molecule has 0 radical (unpaired) electrons. The summed E-state index contributed by atoms with van der Waals surface area (Å²) in [5, 5.41) is 3.57. The number of hydrogen-bond acceptors (Lipinski definition) is 2. The second-order valence-electron chi connectivity index (χ2n) is 4.34. The van der Waals surface area contributed by atoms with Gasteiger partial charge in [0.25, 0.3) is 0 Å². The lowest BCUT2D eigenvalue weighted by atomic mass is 9.95. The van der Waals surface area contributed by atoms with Gasteiger partial charge in [-0.25, -0.2) is 0 Å². The number of halogens is 1. The Kier molecular flexibility index (Phi) is 6.14. The molecule has 2 nitrogen and oxygen atoms in total. The van der Waals surface area contributed by atoms with E-state index < -0.39 is 0 Å². The molecule has 1 heterocycles. The van der Waals surface area contributed by atoms with E-state index in [0.717, 1.165) is 23.4 Å². The Morgan fingerprint density at radius 3 is 2.56 bits per heavy atom. The second-order valence-corrected chi connectivity index (χ2v) is 5.12. The van der Waals surface area contributed by atoms with Crippen molar-refractivity contribution < 1.29 is 4.42 Å². The van der Waals surface area contributed by atoms with Crippen LogP contribution in [-0.4, -0.2) is 6.54 Å². The zero-order valence-electron chi connectivity index (χ0n) is 10.4. The van der Waals surface area contributed by atoms with Gasteiger partial charge in [0.1, 0.15) is 5.76 Å². The molecule has 0 aliphatic rings. The lowest BCUT2D eigenvalue weighted by Crippen LogP contribution is -2.27. The molecule has 0 spiro atoms. The van der Waals surface area contributed by atoms with Crippen molar-refractivity contribution in [1.82, 2.24) is 5.32 Å². The van der Waals surface area contributed by atoms with E-state index in [1.54, 1.807) is 0 Å². The van der Waals surface area contributed by atoms with Crippen LogP contribution in [0.4, 0.5) is 0 Å². The molecule has 92 valence electrons. The van der Waals surface area contributed by atoms with Crippen LogP contribution in [0.2, 0.25) is 0 Å². The van der Waals surface area contributed by atoms with Gasteiger partial charge in [-0.3, -0.25) is 0 Å². The highest BCUT2D eigenvalue weighted by Gasteiger charge is 2.20. The van der Waals surface area contributed by atoms with Crippen molar-refractivity contribution in [2.75, 3.05) is 6.54 Å². The lowest BCUT2D eigenvalue weighted by molar-refractivity contribution is 0.307. The van der Waals surface area contributed by atoms with Gasteiger partial charge in [-0.05, 0) is 53.4 Å². The van der Waals surface area contributed by atoms with Crippen LogP contribution in [0.25, 0.3) is 0 Å². The fourth-order valence-corrected chi connectivity index (χ4v) is 2.32. The largest absolute Gasteiger partial charge is 0.453 e. The highest BCUT2D eigenvalue weighted by atomic mass is 79.9. The first-order valence-electron chi connectivity index (χ1n) is 6.17. The predicted octanol–water partition coefficient (Wildman–Crippen LogP) is 4.52. The van der Waals surface area contributed by atoms with E-state index in [2.05, 4.69) is 48.1 Å². The van der Waals surface area contributed by atoms with Crippen LogP contribution in [-0.2, 0) is 0 Å². The van der Waals surface area contributed by atoms with Crippen molar-refractivity contribution in [2.45, 2.75) is 46.1 Å². The Morgan fingerprint density at radius 1 is 1.31 bits per heavy atom. The summed E-state index contributed by atoms with van der Waals surface area (Å²) in [6.45, 7) is 7.74. The molecule has 1 aromatic heterocycles. The van der Waals surface area contributed by atoms with Gasteiger partial charge in [0.15, 0.2) is 4.67 Å². The number of furan rings is 1. The minimum Gasteiger partial charge on any atom is -0.453 e. The minimum absolute atomic E-state index is 0.339. The van der Waals surface area contributed by atoms with Crippen molar-refractivity contribution in [3.05, 3.63) is 22.6 Å². The first-order valence-corrected chi connectivity index (χ1v) is 6.96. The molecule has 2 atom stereocenters. The molecule has 0 bridgehead atoms. The molecule has 3 heteroatoms. The summed E-state index contributed by atoms with van der Waals surface area (Å²) in [7, 11) is 0. The van der Waals surface area contributed by atoms with Gasteiger partial charge in [0.05, 0.1) is 6.04 Å². The summed E-state index contributed by atoms with van der Waals surface area (Å²) in [5.41, 5.74) is 0. The highest BCUT2D eigenvalue weighted by Crippen LogP contribution is 2.28. The van der Waals surface area contributed by atoms with Crippen molar-refractivity contribution in [2.24, 2.45) is 5.92 Å². The Hall–Kier alpha value is -0.280. The molecule has 2 unspecified atom stereocenters. The van der Waals surface area contributed by atoms with Crippen LogP contribution in [0.15, 0.2) is 21.2 Å². The maximum Gasteiger partial charge on any atom is 0.169 e. The molecule has 16 heavy (non-hydrogen) atoms. The molecular formula is C13H22BrNO. The van der Waals surface area contributed by atoms with Crippen LogP contribution >= 0.6 is 15.9 Å². The van der Waals surface area contributed by atoms with E-state index in [4.69, 9.17) is 4.42 Å². The average Bonchev–Trinajstić information content (AvgIpc) is 2.66. The normalized spacial score (nSPS) is 15.0. The molecule has 0 saturated carbocycles. The molecular weight excluding hydrogens is 266 g/mol. The average molecular weight is 288 g/mol. The second kappa shape index (κ2) is 7.13. The van der Waals surface area contributed by atoms with Crippen LogP contribution in [0, 0.1) is 5.92 Å². The lowest BCUT2D eigenvalue weighted by Gasteiger charge is -2.23. The van der Waals surface area contributed by atoms with Gasteiger partial charge in [-0.15, -0.1) is 0 Å². The third kappa shape index (κ3) is 3.95. The van der Waals surface area contributed by atoms with Crippen LogP contribution in [0.1, 0.15) is 51.8 Å². The highest BCUT2D eigenvalue weighted by molar-refractivity contribution is 9.10. The monoisotopic (exact) mass is 287 g/mol. The molecule has 1 aromatic rings. The first-order chi connectivity index (χ1) is 7.69. The fourth-order valence-electron chi connectivity index (χ4n) is 2.00. The number of hydrogen-bond donors (Lipinski definition) is 1. The molecule has 1 N–H and O–H groups in total. The van der Waals surface area contributed by atoms with Gasteiger partial charge in [0.2, 0.25) is 0 Å². The molecule has 0 aliphatic carbocycles. The van der Waals surface area contributed by atoms with E-state index in [0.29, 0.717) is 12.0 Å². The van der Waals surface area contributed by atoms with E-state index >= 15 is 0 Å². The summed E-state index contributed by atoms with van der Waals surface area (Å²) in [4.78, 5) is 0. The fraction of sp³-hybridized carbons (Fsp3) is 0.692. The standard InChI is InChI=1S/C13H22BrNO/c1-4-6-10(3)13(15-9-5-2)11-7-8-12(14)16-11/h7-8,10,13,15H,4-6,9H2,1-3H3. The summed E-state index contributed by atoms with van der Waals surface area (Å²) in [6.07, 6.45) is 3.59. The van der Waals surface area contributed by atoms with Gasteiger partial charge in [-0.2, -0.15) is 0 Å². The third-order valence-electron chi connectivity index (χ3n) is 2.83. The van der Waals surface area contributed by atoms with Crippen LogP contribution in [0.5, 0.6) is 0 Å². The Balaban J connectivity index is 2.69. The third-order valence-corrected chi connectivity index (χ3v) is 3.25. The SMILES string of the molecule is CCCNC(c1ccc(Br)o1)C(C)CCC. The van der Waals surface area contributed by atoms with E-state index in [1.165, 1.54) is 12.8 Å². The quantitative estimate of drug-likeness (QED) is 0.798. The summed E-state index contributed by atoms with van der Waals surface area (Å²) >= 11 is 3.36. The zero-order valence-corrected chi connectivity index (χ0v) is 12.0. The number of nitrogens with one attached hydrogen (secondary N) is 1. The molecule has 0 aromatic carbocycles. The summed E-state index contributed by atoms with van der Waals surface area (Å²) in [5.74, 6) is 1.65. The topological polar surface area (TPSA) is 25.2 Å². The van der Waals surface area contributed by atoms with Gasteiger partial charge in [-0.1, -0.05) is 27.2 Å². The van der Waals surface area contributed by atoms with Crippen molar-refractivity contribution in [3.8, 4) is 0 Å². The molecule has 0 fully saturated rings. The first kappa shape index (κ1) is 13.8. The minimum atomic E-state index is 0.339.